The van der Waals surface area contributed by atoms with Gasteiger partial charge in [-0.05, 0) is 18.9 Å². The monoisotopic (exact) mass is 459 g/mol. The van der Waals surface area contributed by atoms with E-state index in [0.717, 1.165) is 5.39 Å². The first-order valence-electron chi connectivity index (χ1n) is 11.1. The molecular formula is C26H25N3O5. The fourth-order valence-electron chi connectivity index (χ4n) is 4.44. The Morgan fingerprint density at radius 2 is 1.76 bits per heavy atom. The highest BCUT2D eigenvalue weighted by Gasteiger charge is 2.41. The number of nitrogens with zero attached hydrogens (tertiary/aromatic N) is 2. The number of ketones is 1. The van der Waals surface area contributed by atoms with Gasteiger partial charge in [0.15, 0.2) is 17.2 Å². The van der Waals surface area contributed by atoms with Gasteiger partial charge < -0.3 is 19.7 Å². The van der Waals surface area contributed by atoms with Crippen molar-refractivity contribution in [3.63, 3.8) is 0 Å². The molecule has 0 atom stereocenters. The molecule has 1 aliphatic rings. The number of Topliss-reactive ketones (excluding diaryl/α,β-unsaturated/α-hetero) is 1. The second-order valence-electron chi connectivity index (χ2n) is 8.77. The zero-order valence-electron chi connectivity index (χ0n) is 19.0. The summed E-state index contributed by atoms with van der Waals surface area (Å²) in [6.07, 6.45) is 1.29. The first kappa shape index (κ1) is 21.9. The van der Waals surface area contributed by atoms with Crippen LogP contribution in [0.4, 0.5) is 0 Å². The minimum absolute atomic E-state index is 0.132. The Hall–Kier alpha value is -3.91. The number of hydrogen-bond acceptors (Lipinski definition) is 5. The molecular weight excluding hydrogens is 434 g/mol. The standard InChI is InChI=1S/C26H25N3O5/c1-28-21-17-10-6-7-11-18(17)29(14-19(30)16-8-4-3-5-9-16)25(32)20(21)23(34-2)22(28)24(31)27-15-26(33)12-13-26/h3-11,33H,12-15H2,1-2H3,(H,27,31). The molecule has 0 spiro atoms. The first-order valence-corrected chi connectivity index (χ1v) is 11.1. The number of ether oxygens (including phenoxy) is 1. The van der Waals surface area contributed by atoms with Crippen molar-refractivity contribution in [2.24, 2.45) is 7.05 Å². The van der Waals surface area contributed by atoms with Gasteiger partial charge >= 0.3 is 0 Å². The number of fused-ring (bicyclic) bond motifs is 3. The van der Waals surface area contributed by atoms with E-state index in [4.69, 9.17) is 4.74 Å². The minimum atomic E-state index is -0.856. The molecule has 2 heterocycles. The Balaban J connectivity index is 1.70. The SMILES string of the molecule is COc1c(C(=O)NCC2(O)CC2)n(C)c2c1c(=O)n(CC(=O)c1ccccc1)c1ccccc21. The predicted octanol–water partition coefficient (Wildman–Crippen LogP) is 2.64. The van der Waals surface area contributed by atoms with Crippen molar-refractivity contribution in [2.75, 3.05) is 13.7 Å². The zero-order valence-corrected chi connectivity index (χ0v) is 19.0. The summed E-state index contributed by atoms with van der Waals surface area (Å²) in [5, 5.41) is 13.8. The summed E-state index contributed by atoms with van der Waals surface area (Å²) < 4.78 is 8.66. The number of benzene rings is 2. The molecule has 2 aromatic carbocycles. The minimum Gasteiger partial charge on any atom is -0.493 e. The number of pyridine rings is 1. The Bertz CT molecular complexity index is 1500. The van der Waals surface area contributed by atoms with Crippen LogP contribution in [0.3, 0.4) is 0 Å². The second kappa shape index (κ2) is 8.14. The highest BCUT2D eigenvalue weighted by atomic mass is 16.5. The van der Waals surface area contributed by atoms with Crippen LogP contribution in [0.1, 0.15) is 33.7 Å². The maximum atomic E-state index is 13.7. The quantitative estimate of drug-likeness (QED) is 0.414. The van der Waals surface area contributed by atoms with E-state index < -0.39 is 17.1 Å². The number of hydrogen-bond donors (Lipinski definition) is 2. The summed E-state index contributed by atoms with van der Waals surface area (Å²) in [4.78, 5) is 39.8. The average Bonchev–Trinajstić information content (AvgIpc) is 3.51. The number of carbonyl (C=O) groups excluding carboxylic acids is 2. The molecule has 34 heavy (non-hydrogen) atoms. The van der Waals surface area contributed by atoms with Crippen molar-refractivity contribution in [1.82, 2.24) is 14.5 Å². The fourth-order valence-corrected chi connectivity index (χ4v) is 4.44. The van der Waals surface area contributed by atoms with Crippen molar-refractivity contribution < 1.29 is 19.4 Å². The van der Waals surface area contributed by atoms with E-state index >= 15 is 0 Å². The first-order chi connectivity index (χ1) is 16.3. The number of para-hydroxylation sites is 1. The van der Waals surface area contributed by atoms with Crippen molar-refractivity contribution in [3.8, 4) is 5.75 Å². The second-order valence-corrected chi connectivity index (χ2v) is 8.77. The molecule has 8 nitrogen and oxygen atoms in total. The van der Waals surface area contributed by atoms with E-state index in [0.29, 0.717) is 29.4 Å². The number of carbonyl (C=O) groups is 2. The summed E-state index contributed by atoms with van der Waals surface area (Å²) in [6.45, 7) is -0.0149. The third-order valence-electron chi connectivity index (χ3n) is 6.48. The Kier molecular flexibility index (Phi) is 5.25. The van der Waals surface area contributed by atoms with Crippen LogP contribution in [0.5, 0.6) is 5.75 Å². The topological polar surface area (TPSA) is 103 Å². The average molecular weight is 460 g/mol. The molecule has 0 saturated heterocycles. The van der Waals surface area contributed by atoms with Gasteiger partial charge in [-0.1, -0.05) is 48.5 Å². The Morgan fingerprint density at radius 3 is 2.44 bits per heavy atom. The predicted molar refractivity (Wildman–Crippen MR) is 129 cm³/mol. The van der Waals surface area contributed by atoms with E-state index in [1.165, 1.54) is 11.7 Å². The summed E-state index contributed by atoms with van der Waals surface area (Å²) in [5.74, 6) is -0.488. The molecule has 1 aliphatic carbocycles. The van der Waals surface area contributed by atoms with Crippen LogP contribution >= 0.6 is 0 Å². The van der Waals surface area contributed by atoms with Gasteiger partial charge in [-0.2, -0.15) is 0 Å². The van der Waals surface area contributed by atoms with Crippen LogP contribution < -0.4 is 15.6 Å². The molecule has 1 saturated carbocycles. The van der Waals surface area contributed by atoms with Gasteiger partial charge in [0.05, 0.1) is 30.3 Å². The van der Waals surface area contributed by atoms with Gasteiger partial charge in [-0.3, -0.25) is 19.0 Å². The van der Waals surface area contributed by atoms with Crippen molar-refractivity contribution >= 4 is 33.5 Å². The number of nitrogens with one attached hydrogen (secondary N) is 1. The lowest BCUT2D eigenvalue weighted by atomic mass is 10.1. The molecule has 4 aromatic rings. The van der Waals surface area contributed by atoms with E-state index in [1.54, 1.807) is 48.0 Å². The van der Waals surface area contributed by atoms with Crippen LogP contribution in [0.15, 0.2) is 59.4 Å². The number of aryl methyl sites for hydroxylation is 1. The van der Waals surface area contributed by atoms with Crippen molar-refractivity contribution in [3.05, 3.63) is 76.2 Å². The molecule has 0 unspecified atom stereocenters. The number of aliphatic hydroxyl groups is 1. The normalized spacial score (nSPS) is 14.3. The summed E-state index contributed by atoms with van der Waals surface area (Å²) in [5.41, 5.74) is 0.575. The van der Waals surface area contributed by atoms with Gasteiger partial charge in [0.25, 0.3) is 11.5 Å². The van der Waals surface area contributed by atoms with E-state index in [2.05, 4.69) is 5.32 Å². The van der Waals surface area contributed by atoms with Gasteiger partial charge in [0.1, 0.15) is 5.39 Å². The summed E-state index contributed by atoms with van der Waals surface area (Å²) in [7, 11) is 3.12. The molecule has 174 valence electrons. The largest absolute Gasteiger partial charge is 0.493 e. The van der Waals surface area contributed by atoms with E-state index in [1.807, 2.05) is 18.2 Å². The van der Waals surface area contributed by atoms with Crippen LogP contribution in [-0.4, -0.2) is 45.2 Å². The van der Waals surface area contributed by atoms with Crippen LogP contribution in [0.25, 0.3) is 21.8 Å². The number of rotatable bonds is 7. The lowest BCUT2D eigenvalue weighted by molar-refractivity contribution is 0.0885. The van der Waals surface area contributed by atoms with Crippen molar-refractivity contribution in [2.45, 2.75) is 25.0 Å². The highest BCUT2D eigenvalue weighted by Crippen LogP contribution is 2.36. The van der Waals surface area contributed by atoms with Gasteiger partial charge in [0, 0.05) is 24.5 Å². The molecule has 0 bridgehead atoms. The van der Waals surface area contributed by atoms with E-state index in [9.17, 15) is 19.5 Å². The lowest BCUT2D eigenvalue weighted by Gasteiger charge is -2.12. The van der Waals surface area contributed by atoms with Gasteiger partial charge in [0.2, 0.25) is 0 Å². The highest BCUT2D eigenvalue weighted by molar-refractivity contribution is 6.12. The molecule has 0 radical (unpaired) electrons. The Labute approximate surface area is 195 Å². The van der Waals surface area contributed by atoms with Gasteiger partial charge in [-0.15, -0.1) is 0 Å². The lowest BCUT2D eigenvalue weighted by Crippen LogP contribution is -2.34. The van der Waals surface area contributed by atoms with Crippen molar-refractivity contribution in [1.29, 1.82) is 0 Å². The maximum Gasteiger partial charge on any atom is 0.271 e. The maximum absolute atomic E-state index is 13.7. The number of aromatic nitrogens is 2. The molecule has 2 N–H and O–H groups in total. The number of amides is 1. The number of methoxy groups -OCH3 is 1. The van der Waals surface area contributed by atoms with Crippen LogP contribution in [0, 0.1) is 0 Å². The third kappa shape index (κ3) is 3.56. The Morgan fingerprint density at radius 1 is 1.09 bits per heavy atom. The third-order valence-corrected chi connectivity index (χ3v) is 6.48. The summed E-state index contributed by atoms with van der Waals surface area (Å²) in [6, 6.07) is 16.1. The molecule has 1 amide bonds. The molecule has 8 heteroatoms. The molecule has 5 rings (SSSR count). The van der Waals surface area contributed by atoms with Crippen LogP contribution in [0.2, 0.25) is 0 Å². The molecule has 2 aromatic heterocycles. The molecule has 0 aliphatic heterocycles. The smallest absolute Gasteiger partial charge is 0.271 e. The summed E-state index contributed by atoms with van der Waals surface area (Å²) >= 11 is 0. The van der Waals surface area contributed by atoms with Gasteiger partial charge in [-0.25, -0.2) is 0 Å². The zero-order chi connectivity index (χ0) is 24.0. The fraction of sp³-hybridized carbons (Fsp3) is 0.269. The van der Waals surface area contributed by atoms with E-state index in [-0.39, 0.29) is 35.7 Å². The van der Waals surface area contributed by atoms with Crippen LogP contribution in [-0.2, 0) is 13.6 Å². The molecule has 1 fully saturated rings.